The molecule has 0 unspecified atom stereocenters. The molecule has 0 fully saturated rings. The molecule has 3 rings (SSSR count). The minimum atomic E-state index is -4.63. The second-order valence-electron chi connectivity index (χ2n) is 9.13. The molecule has 1 N–H and O–H groups in total. The Morgan fingerprint density at radius 2 is 1.60 bits per heavy atom. The number of benzene rings is 3. The van der Waals surface area contributed by atoms with E-state index in [1.165, 1.54) is 17.0 Å². The van der Waals surface area contributed by atoms with E-state index in [1.807, 2.05) is 0 Å². The summed E-state index contributed by atoms with van der Waals surface area (Å²) in [5.74, 6) is -5.37. The highest BCUT2D eigenvalue weighted by atomic mass is 32.2. The molecular weight excluding hydrogens is 567 g/mol. The van der Waals surface area contributed by atoms with Crippen LogP contribution < -0.4 is 4.74 Å². The van der Waals surface area contributed by atoms with Gasteiger partial charge in [0.2, 0.25) is 0 Å². The summed E-state index contributed by atoms with van der Waals surface area (Å²) >= 11 is 0. The summed E-state index contributed by atoms with van der Waals surface area (Å²) < 4.78 is 126. The van der Waals surface area contributed by atoms with Crippen molar-refractivity contribution < 1.29 is 49.0 Å². The first-order valence-electron chi connectivity index (χ1n) is 11.9. The average molecular weight is 594 g/mol. The summed E-state index contributed by atoms with van der Waals surface area (Å²) in [5, 5.41) is 9.31. The molecule has 0 aromatic heterocycles. The van der Waals surface area contributed by atoms with Crippen molar-refractivity contribution in [3.63, 3.8) is 0 Å². The second-order valence-corrected chi connectivity index (χ2v) is 11.1. The summed E-state index contributed by atoms with van der Waals surface area (Å²) in [6, 6.07) is 9.76. The molecule has 13 heteroatoms. The van der Waals surface area contributed by atoms with Crippen molar-refractivity contribution in [3.8, 4) is 5.75 Å². The number of halogens is 7. The molecule has 3 aromatic carbocycles. The van der Waals surface area contributed by atoms with Crippen LogP contribution in [-0.2, 0) is 35.1 Å². The Kier molecular flexibility index (Phi) is 9.85. The van der Waals surface area contributed by atoms with Crippen LogP contribution >= 0.6 is 0 Å². The van der Waals surface area contributed by atoms with Gasteiger partial charge in [-0.2, -0.15) is 22.0 Å². The highest BCUT2D eigenvalue weighted by Crippen LogP contribution is 2.32. The summed E-state index contributed by atoms with van der Waals surface area (Å²) in [5.41, 5.74) is -1.71. The molecule has 0 heterocycles. The number of aliphatic hydroxyl groups excluding tert-OH is 1. The van der Waals surface area contributed by atoms with Crippen molar-refractivity contribution in [1.82, 2.24) is 4.90 Å². The van der Waals surface area contributed by atoms with Crippen LogP contribution in [0, 0.1) is 11.6 Å². The Morgan fingerprint density at radius 1 is 0.925 bits per heavy atom. The van der Waals surface area contributed by atoms with E-state index < -0.39 is 68.3 Å². The Balaban J connectivity index is 1.77. The summed E-state index contributed by atoms with van der Waals surface area (Å²) in [6.07, 6.45) is -3.74. The minimum absolute atomic E-state index is 0.0516. The Bertz CT molecular complexity index is 1410. The van der Waals surface area contributed by atoms with Gasteiger partial charge in [0.1, 0.15) is 17.4 Å². The van der Waals surface area contributed by atoms with Gasteiger partial charge in [0, 0.05) is 36.5 Å². The standard InChI is InChI=1S/C27H26F7NO4S/c1-40(37,38)25-14-22(13-24(29)23(25)16-36)39-11-3-10-35(15-18-4-2-5-20(12-18)27(32,33)34)17-26(30,31)19-6-8-21(28)9-7-19/h2,4-9,12-14,36H,3,10-11,15-17H2,1H3. The summed E-state index contributed by atoms with van der Waals surface area (Å²) in [7, 11) is -3.91. The second kappa shape index (κ2) is 12.6. The molecule has 0 bridgehead atoms. The fourth-order valence-electron chi connectivity index (χ4n) is 4.02. The molecule has 0 spiro atoms. The van der Waals surface area contributed by atoms with E-state index in [1.54, 1.807) is 0 Å². The van der Waals surface area contributed by atoms with E-state index >= 15 is 8.78 Å². The number of ether oxygens (including phenoxy) is 1. The number of rotatable bonds is 12. The maximum absolute atomic E-state index is 15.1. The molecule has 3 aromatic rings. The zero-order valence-electron chi connectivity index (χ0n) is 21.2. The van der Waals surface area contributed by atoms with Gasteiger partial charge in [0.15, 0.2) is 9.84 Å². The molecule has 5 nitrogen and oxygen atoms in total. The first-order valence-corrected chi connectivity index (χ1v) is 13.8. The first-order chi connectivity index (χ1) is 18.6. The largest absolute Gasteiger partial charge is 0.493 e. The molecule has 40 heavy (non-hydrogen) atoms. The van der Waals surface area contributed by atoms with Crippen LogP contribution in [0.4, 0.5) is 30.7 Å². The molecule has 0 atom stereocenters. The molecule has 0 radical (unpaired) electrons. The highest BCUT2D eigenvalue weighted by Gasteiger charge is 2.35. The number of hydrogen-bond acceptors (Lipinski definition) is 5. The molecule has 0 aliphatic heterocycles. The van der Waals surface area contributed by atoms with Crippen molar-refractivity contribution in [2.45, 2.75) is 36.6 Å². The third kappa shape index (κ3) is 8.42. The van der Waals surface area contributed by atoms with Gasteiger partial charge < -0.3 is 9.84 Å². The van der Waals surface area contributed by atoms with Crippen LogP contribution in [0.2, 0.25) is 0 Å². The van der Waals surface area contributed by atoms with Gasteiger partial charge in [-0.3, -0.25) is 4.90 Å². The smallest absolute Gasteiger partial charge is 0.416 e. The number of hydrogen-bond donors (Lipinski definition) is 1. The summed E-state index contributed by atoms with van der Waals surface area (Å²) in [4.78, 5) is 0.745. The van der Waals surface area contributed by atoms with E-state index in [-0.39, 0.29) is 37.4 Å². The quantitative estimate of drug-likeness (QED) is 0.208. The van der Waals surface area contributed by atoms with Crippen LogP contribution in [0.5, 0.6) is 5.75 Å². The van der Waals surface area contributed by atoms with Crippen molar-refractivity contribution >= 4 is 9.84 Å². The lowest BCUT2D eigenvalue weighted by Gasteiger charge is -2.28. The third-order valence-corrected chi connectivity index (χ3v) is 7.09. The van der Waals surface area contributed by atoms with Gasteiger partial charge in [-0.1, -0.05) is 30.3 Å². The lowest BCUT2D eigenvalue weighted by Crippen LogP contribution is -2.36. The molecule has 0 amide bonds. The van der Waals surface area contributed by atoms with E-state index in [2.05, 4.69) is 0 Å². The molecule has 218 valence electrons. The molecular formula is C27H26F7NO4S. The Labute approximate surface area is 226 Å². The van der Waals surface area contributed by atoms with Crippen molar-refractivity contribution in [2.75, 3.05) is 26.0 Å². The van der Waals surface area contributed by atoms with Gasteiger partial charge in [-0.05, 0) is 36.2 Å². The average Bonchev–Trinajstić information content (AvgIpc) is 2.85. The van der Waals surface area contributed by atoms with E-state index in [0.29, 0.717) is 0 Å². The van der Waals surface area contributed by atoms with Gasteiger partial charge in [-0.15, -0.1) is 0 Å². The number of sulfone groups is 1. The maximum Gasteiger partial charge on any atom is 0.416 e. The van der Waals surface area contributed by atoms with Gasteiger partial charge in [-0.25, -0.2) is 17.2 Å². The number of alkyl halides is 5. The molecule has 0 saturated carbocycles. The van der Waals surface area contributed by atoms with E-state index in [9.17, 15) is 35.5 Å². The highest BCUT2D eigenvalue weighted by molar-refractivity contribution is 7.90. The monoisotopic (exact) mass is 593 g/mol. The van der Waals surface area contributed by atoms with Crippen LogP contribution in [0.3, 0.4) is 0 Å². The number of aliphatic hydroxyl groups is 1. The predicted octanol–water partition coefficient (Wildman–Crippen LogP) is 5.94. The molecule has 0 aliphatic rings. The third-order valence-electron chi connectivity index (χ3n) is 5.92. The normalized spacial score (nSPS) is 12.7. The maximum atomic E-state index is 15.1. The van der Waals surface area contributed by atoms with Crippen LogP contribution in [0.1, 0.15) is 28.7 Å². The number of nitrogens with zero attached hydrogens (tertiary/aromatic N) is 1. The van der Waals surface area contributed by atoms with Crippen LogP contribution in [0.25, 0.3) is 0 Å². The minimum Gasteiger partial charge on any atom is -0.493 e. The van der Waals surface area contributed by atoms with Crippen LogP contribution in [-0.4, -0.2) is 44.4 Å². The van der Waals surface area contributed by atoms with Crippen molar-refractivity contribution in [2.24, 2.45) is 0 Å². The van der Waals surface area contributed by atoms with Crippen LogP contribution in [0.15, 0.2) is 65.6 Å². The van der Waals surface area contributed by atoms with Crippen molar-refractivity contribution in [3.05, 3.63) is 94.6 Å². The van der Waals surface area contributed by atoms with Gasteiger partial charge in [0.25, 0.3) is 5.92 Å². The van der Waals surface area contributed by atoms with Gasteiger partial charge >= 0.3 is 6.18 Å². The fourth-order valence-corrected chi connectivity index (χ4v) is 4.96. The first kappa shape index (κ1) is 31.4. The Morgan fingerprint density at radius 3 is 2.20 bits per heavy atom. The van der Waals surface area contributed by atoms with E-state index in [0.717, 1.165) is 54.8 Å². The Hall–Kier alpha value is -3.16. The van der Waals surface area contributed by atoms with Gasteiger partial charge in [0.05, 0.1) is 30.2 Å². The zero-order chi connectivity index (χ0) is 29.7. The molecule has 0 aliphatic carbocycles. The lowest BCUT2D eigenvalue weighted by molar-refractivity contribution is -0.137. The lowest BCUT2D eigenvalue weighted by atomic mass is 10.1. The molecule has 0 saturated heterocycles. The summed E-state index contributed by atoms with van der Waals surface area (Å²) in [6.45, 7) is -2.32. The van der Waals surface area contributed by atoms with E-state index in [4.69, 9.17) is 4.74 Å². The van der Waals surface area contributed by atoms with Crippen molar-refractivity contribution in [1.29, 1.82) is 0 Å². The predicted molar refractivity (Wildman–Crippen MR) is 133 cm³/mol. The SMILES string of the molecule is CS(=O)(=O)c1cc(OCCCN(Cc2cccc(C(F)(F)F)c2)CC(F)(F)c2ccc(F)cc2)cc(F)c1CO. The topological polar surface area (TPSA) is 66.8 Å². The zero-order valence-corrected chi connectivity index (χ0v) is 22.0. The fraction of sp³-hybridized carbons (Fsp3) is 0.333.